The molecule has 0 radical (unpaired) electrons. The molecule has 0 saturated carbocycles. The lowest BCUT2D eigenvalue weighted by atomic mass is 10.1. The molecule has 1 heterocycles. The van der Waals surface area contributed by atoms with Gasteiger partial charge < -0.3 is 9.47 Å². The number of carbonyl (C=O) groups is 2. The number of rotatable bonds is 7. The summed E-state index contributed by atoms with van der Waals surface area (Å²) < 4.78 is 10.4. The molecule has 1 atom stereocenters. The predicted octanol–water partition coefficient (Wildman–Crippen LogP) is 2.87. The number of para-hydroxylation sites is 1. The molecule has 7 heteroatoms. The van der Waals surface area contributed by atoms with Crippen molar-refractivity contribution in [2.45, 2.75) is 26.7 Å². The number of esters is 1. The molecule has 0 fully saturated rings. The fourth-order valence-corrected chi connectivity index (χ4v) is 3.07. The third kappa shape index (κ3) is 4.88. The van der Waals surface area contributed by atoms with Crippen molar-refractivity contribution in [3.05, 3.63) is 45.4 Å². The van der Waals surface area contributed by atoms with E-state index >= 15 is 0 Å². The van der Waals surface area contributed by atoms with Crippen LogP contribution in [0.5, 0.6) is 5.75 Å². The summed E-state index contributed by atoms with van der Waals surface area (Å²) in [4.78, 5) is 28.0. The second-order valence-electron chi connectivity index (χ2n) is 5.53. The van der Waals surface area contributed by atoms with Gasteiger partial charge >= 0.3 is 5.97 Å². The number of Topliss-reactive ketones (excluding diaryl/α,β-unsaturated/α-hetero) is 1. The molecule has 0 aliphatic heterocycles. The second kappa shape index (κ2) is 8.40. The Balaban J connectivity index is 1.87. The SMILES string of the molecule is Cc1csc([C@H](C#N)C(=O)COC(=O)COc2c(C)cccc2C)n1. The zero-order chi connectivity index (χ0) is 18.4. The first-order valence-corrected chi connectivity index (χ1v) is 8.49. The zero-order valence-electron chi connectivity index (χ0n) is 14.2. The van der Waals surface area contributed by atoms with Crippen molar-refractivity contribution >= 4 is 23.1 Å². The van der Waals surface area contributed by atoms with Crippen molar-refractivity contribution in [2.24, 2.45) is 0 Å². The standard InChI is InChI=1S/C18H18N2O4S/c1-11-5-4-6-12(2)17(11)24-9-16(22)23-8-15(21)14(7-19)18-20-13(3)10-25-18/h4-6,10,14H,8-9H2,1-3H3/t14-/m1/s1. The second-order valence-corrected chi connectivity index (χ2v) is 6.42. The Labute approximate surface area is 150 Å². The van der Waals surface area contributed by atoms with Crippen molar-refractivity contribution in [3.63, 3.8) is 0 Å². The van der Waals surface area contributed by atoms with Crippen molar-refractivity contribution < 1.29 is 19.1 Å². The molecule has 0 aliphatic carbocycles. The van der Waals surface area contributed by atoms with Crippen molar-refractivity contribution in [1.29, 1.82) is 5.26 Å². The first-order valence-electron chi connectivity index (χ1n) is 7.61. The number of nitrogens with zero attached hydrogens (tertiary/aromatic N) is 2. The average Bonchev–Trinajstić information content (AvgIpc) is 2.99. The molecular formula is C18H18N2O4S. The zero-order valence-corrected chi connectivity index (χ0v) is 15.1. The number of hydrogen-bond donors (Lipinski definition) is 0. The van der Waals surface area contributed by atoms with Gasteiger partial charge in [-0.25, -0.2) is 9.78 Å². The summed E-state index contributed by atoms with van der Waals surface area (Å²) in [5.74, 6) is -1.56. The molecule has 130 valence electrons. The minimum absolute atomic E-state index is 0.299. The van der Waals surface area contributed by atoms with Crippen molar-refractivity contribution in [3.8, 4) is 11.8 Å². The third-order valence-corrected chi connectivity index (χ3v) is 4.48. The molecule has 6 nitrogen and oxygen atoms in total. The molecule has 0 unspecified atom stereocenters. The molecular weight excluding hydrogens is 340 g/mol. The number of benzene rings is 1. The van der Waals surface area contributed by atoms with Gasteiger partial charge in [0.2, 0.25) is 0 Å². The topological polar surface area (TPSA) is 89.3 Å². The van der Waals surface area contributed by atoms with Gasteiger partial charge in [-0.2, -0.15) is 5.26 Å². The first-order chi connectivity index (χ1) is 11.9. The predicted molar refractivity (Wildman–Crippen MR) is 92.6 cm³/mol. The number of ketones is 1. The number of carbonyl (C=O) groups excluding carboxylic acids is 2. The molecule has 25 heavy (non-hydrogen) atoms. The smallest absolute Gasteiger partial charge is 0.344 e. The van der Waals surface area contributed by atoms with E-state index in [4.69, 9.17) is 14.7 Å². The molecule has 2 rings (SSSR count). The van der Waals surface area contributed by atoms with Crippen LogP contribution in [0.15, 0.2) is 23.6 Å². The Bertz CT molecular complexity index is 802. The molecule has 0 amide bonds. The van der Waals surface area contributed by atoms with Gasteiger partial charge in [0.15, 0.2) is 24.9 Å². The Morgan fingerprint density at radius 2 is 1.92 bits per heavy atom. The highest BCUT2D eigenvalue weighted by molar-refractivity contribution is 7.09. The van der Waals surface area contributed by atoms with E-state index in [1.54, 1.807) is 12.3 Å². The summed E-state index contributed by atoms with van der Waals surface area (Å²) >= 11 is 1.24. The van der Waals surface area contributed by atoms with Crippen LogP contribution in [0.1, 0.15) is 27.7 Å². The highest BCUT2D eigenvalue weighted by Crippen LogP contribution is 2.22. The summed E-state index contributed by atoms with van der Waals surface area (Å²) in [6.45, 7) is 4.76. The molecule has 1 aromatic heterocycles. The van der Waals surface area contributed by atoms with Crippen LogP contribution in [0, 0.1) is 32.1 Å². The summed E-state index contributed by atoms with van der Waals surface area (Å²) in [6, 6.07) is 7.56. The lowest BCUT2D eigenvalue weighted by Gasteiger charge is -2.11. The van der Waals surface area contributed by atoms with Gasteiger partial charge in [0.1, 0.15) is 10.8 Å². The van der Waals surface area contributed by atoms with Gasteiger partial charge in [-0.1, -0.05) is 18.2 Å². The van der Waals surface area contributed by atoms with Crippen molar-refractivity contribution in [1.82, 2.24) is 4.98 Å². The van der Waals surface area contributed by atoms with Crippen LogP contribution in [-0.2, 0) is 14.3 Å². The van der Waals surface area contributed by atoms with Gasteiger partial charge in [0.05, 0.1) is 6.07 Å². The van der Waals surface area contributed by atoms with Gasteiger partial charge in [-0.3, -0.25) is 4.79 Å². The lowest BCUT2D eigenvalue weighted by molar-refractivity contribution is -0.150. The lowest BCUT2D eigenvalue weighted by Crippen LogP contribution is -2.23. The molecule has 0 bridgehead atoms. The molecule has 2 aromatic rings. The van der Waals surface area contributed by atoms with E-state index in [1.165, 1.54) is 11.3 Å². The average molecular weight is 358 g/mol. The van der Waals surface area contributed by atoms with E-state index in [0.29, 0.717) is 10.8 Å². The molecule has 1 aromatic carbocycles. The molecule has 0 N–H and O–H groups in total. The monoisotopic (exact) mass is 358 g/mol. The first kappa shape index (κ1) is 18.6. The van der Waals surface area contributed by atoms with Crippen LogP contribution in [0.25, 0.3) is 0 Å². The van der Waals surface area contributed by atoms with Crippen LogP contribution in [0.4, 0.5) is 0 Å². The Morgan fingerprint density at radius 3 is 2.48 bits per heavy atom. The fourth-order valence-electron chi connectivity index (χ4n) is 2.20. The third-order valence-electron chi connectivity index (χ3n) is 3.45. The highest BCUT2D eigenvalue weighted by Gasteiger charge is 2.24. The summed E-state index contributed by atoms with van der Waals surface area (Å²) in [5.41, 5.74) is 2.56. The van der Waals surface area contributed by atoms with Gasteiger partial charge in [-0.15, -0.1) is 11.3 Å². The summed E-state index contributed by atoms with van der Waals surface area (Å²) in [5, 5.41) is 11.3. The van der Waals surface area contributed by atoms with E-state index in [1.807, 2.05) is 38.1 Å². The maximum Gasteiger partial charge on any atom is 0.344 e. The number of hydrogen-bond acceptors (Lipinski definition) is 7. The Hall–Kier alpha value is -2.72. The van der Waals surface area contributed by atoms with Crippen LogP contribution in [0.2, 0.25) is 0 Å². The molecule has 0 saturated heterocycles. The fraction of sp³-hybridized carbons (Fsp3) is 0.333. The quantitative estimate of drug-likeness (QED) is 0.707. The number of ether oxygens (including phenoxy) is 2. The summed E-state index contributed by atoms with van der Waals surface area (Å²) in [7, 11) is 0. The van der Waals surface area contributed by atoms with E-state index in [2.05, 4.69) is 4.98 Å². The number of aromatic nitrogens is 1. The molecule has 0 spiro atoms. The van der Waals surface area contributed by atoms with Gasteiger partial charge in [0.25, 0.3) is 0 Å². The Kier molecular flexibility index (Phi) is 6.25. The number of nitriles is 1. The van der Waals surface area contributed by atoms with Crippen molar-refractivity contribution in [2.75, 3.05) is 13.2 Å². The maximum atomic E-state index is 12.1. The Morgan fingerprint density at radius 1 is 1.24 bits per heavy atom. The number of thiazole rings is 1. The van der Waals surface area contributed by atoms with E-state index in [9.17, 15) is 9.59 Å². The largest absolute Gasteiger partial charge is 0.481 e. The van der Waals surface area contributed by atoms with Gasteiger partial charge in [-0.05, 0) is 31.9 Å². The van der Waals surface area contributed by atoms with Gasteiger partial charge in [0, 0.05) is 11.1 Å². The summed E-state index contributed by atoms with van der Waals surface area (Å²) in [6.07, 6.45) is 0. The van der Waals surface area contributed by atoms with Crippen LogP contribution in [0.3, 0.4) is 0 Å². The van der Waals surface area contributed by atoms with Crippen LogP contribution in [-0.4, -0.2) is 30.0 Å². The normalized spacial score (nSPS) is 11.4. The van der Waals surface area contributed by atoms with Crippen LogP contribution < -0.4 is 4.74 Å². The van der Waals surface area contributed by atoms with E-state index in [0.717, 1.165) is 16.8 Å². The minimum Gasteiger partial charge on any atom is -0.481 e. The molecule has 0 aliphatic rings. The van der Waals surface area contributed by atoms with E-state index in [-0.39, 0.29) is 6.61 Å². The number of aryl methyl sites for hydroxylation is 3. The highest BCUT2D eigenvalue weighted by atomic mass is 32.1. The maximum absolute atomic E-state index is 12.1. The van der Waals surface area contributed by atoms with E-state index < -0.39 is 24.3 Å². The minimum atomic E-state index is -1.02. The van der Waals surface area contributed by atoms with Crippen LogP contribution >= 0.6 is 11.3 Å².